The number of hydrogen-bond acceptors (Lipinski definition) is 3. The molecule has 0 atom stereocenters. The van der Waals surface area contributed by atoms with Crippen molar-refractivity contribution in [2.75, 3.05) is 0 Å². The molecule has 0 aliphatic carbocycles. The summed E-state index contributed by atoms with van der Waals surface area (Å²) in [6.45, 7) is 0. The standard InChI is InChI=1S/C44H24N4O/c45-25-28-12-4-5-15-31(28)27-22-23-35(29(24-27)26-46)48-37-20-10-6-16-32(37)39-42-40(44-41(43(39)48)34-18-8-11-21-38(34)49-44)33-17-7-9-19-36(33)47(42)30-13-2-1-3-14-30/h1-24H. The maximum Gasteiger partial charge on any atom is 0.147 e. The third kappa shape index (κ3) is 3.67. The molecular formula is C44H24N4O. The van der Waals surface area contributed by atoms with Gasteiger partial charge in [0.15, 0.2) is 0 Å². The van der Waals surface area contributed by atoms with Crippen molar-refractivity contribution >= 4 is 65.6 Å². The van der Waals surface area contributed by atoms with Crippen LogP contribution in [0.2, 0.25) is 0 Å². The zero-order chi connectivity index (χ0) is 32.6. The lowest BCUT2D eigenvalue weighted by Gasteiger charge is -2.14. The van der Waals surface area contributed by atoms with E-state index in [4.69, 9.17) is 4.42 Å². The van der Waals surface area contributed by atoms with Crippen LogP contribution in [0.4, 0.5) is 0 Å². The fourth-order valence-corrected chi connectivity index (χ4v) is 7.80. The summed E-state index contributed by atoms with van der Waals surface area (Å²) in [5.74, 6) is 0. The van der Waals surface area contributed by atoms with E-state index in [-0.39, 0.29) is 0 Å². The zero-order valence-corrected chi connectivity index (χ0v) is 26.1. The molecular weight excluding hydrogens is 601 g/mol. The highest BCUT2D eigenvalue weighted by molar-refractivity contribution is 6.39. The summed E-state index contributed by atoms with van der Waals surface area (Å²) in [5, 5.41) is 26.9. The number of aromatic nitrogens is 2. The molecule has 5 nitrogen and oxygen atoms in total. The minimum atomic E-state index is 0.512. The summed E-state index contributed by atoms with van der Waals surface area (Å²) in [5.41, 5.74) is 10.3. The Hall–Kier alpha value is -7.08. The van der Waals surface area contributed by atoms with Gasteiger partial charge in [0.25, 0.3) is 0 Å². The molecule has 0 fully saturated rings. The van der Waals surface area contributed by atoms with Crippen molar-refractivity contribution in [3.63, 3.8) is 0 Å². The van der Waals surface area contributed by atoms with Crippen LogP contribution in [0.15, 0.2) is 150 Å². The number of benzene rings is 7. The van der Waals surface area contributed by atoms with E-state index in [1.807, 2.05) is 54.6 Å². The molecule has 0 unspecified atom stereocenters. The molecule has 0 amide bonds. The van der Waals surface area contributed by atoms with Gasteiger partial charge >= 0.3 is 0 Å². The quantitative estimate of drug-likeness (QED) is 0.196. The van der Waals surface area contributed by atoms with Gasteiger partial charge in [-0.25, -0.2) is 0 Å². The van der Waals surface area contributed by atoms with Crippen LogP contribution in [0.25, 0.3) is 88.1 Å². The molecule has 5 heteroatoms. The second kappa shape index (κ2) is 10.2. The Bertz CT molecular complexity index is 3070. The van der Waals surface area contributed by atoms with Gasteiger partial charge in [0.1, 0.15) is 17.2 Å². The Morgan fingerprint density at radius 2 is 1.08 bits per heavy atom. The van der Waals surface area contributed by atoms with E-state index in [9.17, 15) is 10.5 Å². The second-order valence-electron chi connectivity index (χ2n) is 12.3. The van der Waals surface area contributed by atoms with Crippen LogP contribution in [0.1, 0.15) is 11.1 Å². The van der Waals surface area contributed by atoms with Crippen molar-refractivity contribution < 1.29 is 4.42 Å². The Morgan fingerprint density at radius 3 is 1.86 bits per heavy atom. The van der Waals surface area contributed by atoms with Gasteiger partial charge in [0.2, 0.25) is 0 Å². The smallest absolute Gasteiger partial charge is 0.147 e. The van der Waals surface area contributed by atoms with Gasteiger partial charge in [-0.1, -0.05) is 97.1 Å². The second-order valence-corrected chi connectivity index (χ2v) is 12.3. The molecule has 0 aliphatic rings. The Labute approximate surface area is 280 Å². The topological polar surface area (TPSA) is 70.6 Å². The average Bonchev–Trinajstić information content (AvgIpc) is 3.83. The molecule has 10 aromatic rings. The van der Waals surface area contributed by atoms with Gasteiger partial charge in [0.05, 0.1) is 55.7 Å². The van der Waals surface area contributed by atoms with E-state index < -0.39 is 0 Å². The summed E-state index contributed by atoms with van der Waals surface area (Å²) < 4.78 is 11.4. The minimum absolute atomic E-state index is 0.512. The van der Waals surface area contributed by atoms with Crippen LogP contribution in [0, 0.1) is 22.7 Å². The summed E-state index contributed by atoms with van der Waals surface area (Å²) in [7, 11) is 0. The number of rotatable bonds is 3. The molecule has 0 radical (unpaired) electrons. The molecule has 3 aromatic heterocycles. The largest absolute Gasteiger partial charge is 0.455 e. The summed E-state index contributed by atoms with van der Waals surface area (Å²) >= 11 is 0. The van der Waals surface area contributed by atoms with E-state index in [0.29, 0.717) is 11.1 Å². The predicted octanol–water partition coefficient (Wildman–Crippen LogP) is 11.2. The number of nitriles is 2. The van der Waals surface area contributed by atoms with E-state index >= 15 is 0 Å². The highest BCUT2D eigenvalue weighted by Crippen LogP contribution is 2.49. The summed E-state index contributed by atoms with van der Waals surface area (Å²) in [6, 6.07) is 53.9. The molecule has 7 aromatic carbocycles. The van der Waals surface area contributed by atoms with Crippen molar-refractivity contribution in [3.05, 3.63) is 157 Å². The lowest BCUT2D eigenvalue weighted by atomic mass is 9.98. The maximum absolute atomic E-state index is 10.7. The fraction of sp³-hybridized carbons (Fsp3) is 0. The SMILES string of the molecule is N#Cc1ccccc1-c1ccc(-n2c3ccccc3c3c4c(c5ccccc5n4-c4ccccc4)c4oc5ccccc5c4c32)c(C#N)c1. The molecule has 0 bridgehead atoms. The molecule has 0 saturated heterocycles. The first-order chi connectivity index (χ1) is 24.3. The Balaban J connectivity index is 1.46. The van der Waals surface area contributed by atoms with Crippen molar-refractivity contribution in [2.45, 2.75) is 0 Å². The Kier molecular flexibility index (Phi) is 5.64. The van der Waals surface area contributed by atoms with Crippen LogP contribution in [0.3, 0.4) is 0 Å². The predicted molar refractivity (Wildman–Crippen MR) is 197 cm³/mol. The van der Waals surface area contributed by atoms with Crippen molar-refractivity contribution in [1.29, 1.82) is 10.5 Å². The lowest BCUT2D eigenvalue weighted by Crippen LogP contribution is -1.99. The molecule has 49 heavy (non-hydrogen) atoms. The van der Waals surface area contributed by atoms with Gasteiger partial charge in [-0.15, -0.1) is 0 Å². The minimum Gasteiger partial charge on any atom is -0.455 e. The molecule has 0 aliphatic heterocycles. The summed E-state index contributed by atoms with van der Waals surface area (Å²) in [4.78, 5) is 0. The third-order valence-electron chi connectivity index (χ3n) is 9.78. The van der Waals surface area contributed by atoms with Crippen LogP contribution in [-0.4, -0.2) is 9.13 Å². The molecule has 0 spiro atoms. The van der Waals surface area contributed by atoms with Gasteiger partial charge in [-0.3, -0.25) is 0 Å². The normalized spacial score (nSPS) is 11.6. The molecule has 0 saturated carbocycles. The fourth-order valence-electron chi connectivity index (χ4n) is 7.80. The highest BCUT2D eigenvalue weighted by atomic mass is 16.3. The van der Waals surface area contributed by atoms with Crippen molar-refractivity contribution in [1.82, 2.24) is 9.13 Å². The maximum atomic E-state index is 10.7. The van der Waals surface area contributed by atoms with Gasteiger partial charge in [0, 0.05) is 27.2 Å². The van der Waals surface area contributed by atoms with Crippen LogP contribution < -0.4 is 0 Å². The van der Waals surface area contributed by atoms with Crippen molar-refractivity contribution in [3.8, 4) is 34.6 Å². The number of furan rings is 1. The first-order valence-electron chi connectivity index (χ1n) is 16.2. The van der Waals surface area contributed by atoms with E-state index in [2.05, 4.69) is 106 Å². The van der Waals surface area contributed by atoms with Crippen LogP contribution in [0.5, 0.6) is 0 Å². The number of hydrogen-bond donors (Lipinski definition) is 0. The van der Waals surface area contributed by atoms with Crippen molar-refractivity contribution in [2.24, 2.45) is 0 Å². The lowest BCUT2D eigenvalue weighted by molar-refractivity contribution is 0.673. The zero-order valence-electron chi connectivity index (χ0n) is 26.1. The Morgan fingerprint density at radius 1 is 0.490 bits per heavy atom. The summed E-state index contributed by atoms with van der Waals surface area (Å²) in [6.07, 6.45) is 0. The number of para-hydroxylation sites is 4. The van der Waals surface area contributed by atoms with E-state index in [0.717, 1.165) is 88.1 Å². The van der Waals surface area contributed by atoms with Gasteiger partial charge in [-0.05, 0) is 59.7 Å². The van der Waals surface area contributed by atoms with E-state index in [1.165, 1.54) is 0 Å². The molecule has 10 rings (SSSR count). The van der Waals surface area contributed by atoms with Gasteiger partial charge in [-0.2, -0.15) is 10.5 Å². The molecule has 226 valence electrons. The monoisotopic (exact) mass is 624 g/mol. The number of fused-ring (bicyclic) bond motifs is 12. The average molecular weight is 625 g/mol. The van der Waals surface area contributed by atoms with Gasteiger partial charge < -0.3 is 13.6 Å². The molecule has 0 N–H and O–H groups in total. The first-order valence-corrected chi connectivity index (χ1v) is 16.2. The highest BCUT2D eigenvalue weighted by Gasteiger charge is 2.28. The van der Waals surface area contributed by atoms with Crippen LogP contribution in [-0.2, 0) is 0 Å². The first kappa shape index (κ1) is 27.1. The molecule has 3 heterocycles. The third-order valence-corrected chi connectivity index (χ3v) is 9.78. The number of nitrogens with zero attached hydrogens (tertiary/aromatic N) is 4. The van der Waals surface area contributed by atoms with E-state index in [1.54, 1.807) is 6.07 Å². The van der Waals surface area contributed by atoms with Crippen LogP contribution >= 0.6 is 0 Å².